The molecule has 3 fully saturated rings. The number of likely N-dealkylation sites (tertiary alicyclic amines) is 1. The molecule has 9 heteroatoms. The summed E-state index contributed by atoms with van der Waals surface area (Å²) in [5, 5.41) is 3.04. The molecule has 8 nitrogen and oxygen atoms in total. The third kappa shape index (κ3) is 5.66. The Morgan fingerprint density at radius 3 is 2.57 bits per heavy atom. The molecule has 0 radical (unpaired) electrons. The zero-order valence-corrected chi connectivity index (χ0v) is 18.0. The largest absolute Gasteiger partial charge is 0.379 e. The van der Waals surface area contributed by atoms with Crippen LogP contribution in [0, 0.1) is 5.92 Å². The van der Waals surface area contributed by atoms with Crippen LogP contribution in [0.25, 0.3) is 0 Å². The van der Waals surface area contributed by atoms with E-state index in [0.29, 0.717) is 45.4 Å². The van der Waals surface area contributed by atoms with Gasteiger partial charge < -0.3 is 15.0 Å². The van der Waals surface area contributed by atoms with Gasteiger partial charge in [0, 0.05) is 45.3 Å². The zero-order chi connectivity index (χ0) is 20.0. The third-order valence-corrected chi connectivity index (χ3v) is 8.24. The summed E-state index contributed by atoms with van der Waals surface area (Å²) in [4.78, 5) is 15.1. The Bertz CT molecular complexity index is 609. The first-order valence-electron chi connectivity index (χ1n) is 10.8. The van der Waals surface area contributed by atoms with Crippen molar-refractivity contribution in [1.29, 1.82) is 0 Å². The van der Waals surface area contributed by atoms with E-state index < -0.39 is 10.2 Å². The molecule has 1 N–H and O–H groups in total. The minimum Gasteiger partial charge on any atom is -0.379 e. The normalized spacial score (nSPS) is 28.9. The molecule has 2 atom stereocenters. The van der Waals surface area contributed by atoms with Crippen LogP contribution in [0.1, 0.15) is 45.4 Å². The monoisotopic (exact) mass is 416 g/mol. The maximum absolute atomic E-state index is 12.8. The number of morpholine rings is 1. The summed E-state index contributed by atoms with van der Waals surface area (Å²) in [6, 6.07) is 0.641. The molecule has 2 unspecified atom stereocenters. The number of carbonyl (C=O) groups is 1. The second kappa shape index (κ2) is 10.3. The SMILES string of the molecule is CC1CCCCN1CCCNC(=O)C1CCCN(S(=O)(=O)N2CCOCC2)C1. The first kappa shape index (κ1) is 22.0. The molecule has 3 saturated heterocycles. The quantitative estimate of drug-likeness (QED) is 0.617. The van der Waals surface area contributed by atoms with Crippen LogP contribution < -0.4 is 5.32 Å². The van der Waals surface area contributed by atoms with Gasteiger partial charge in [-0.15, -0.1) is 0 Å². The van der Waals surface area contributed by atoms with Crippen molar-refractivity contribution in [1.82, 2.24) is 18.8 Å². The van der Waals surface area contributed by atoms with Gasteiger partial charge in [0.1, 0.15) is 0 Å². The van der Waals surface area contributed by atoms with Crippen LogP contribution in [0.2, 0.25) is 0 Å². The molecule has 162 valence electrons. The van der Waals surface area contributed by atoms with E-state index in [1.165, 1.54) is 27.9 Å². The fraction of sp³-hybridized carbons (Fsp3) is 0.947. The summed E-state index contributed by atoms with van der Waals surface area (Å²) < 4.78 is 33.9. The van der Waals surface area contributed by atoms with Gasteiger partial charge in [-0.05, 0) is 45.6 Å². The molecule has 0 bridgehead atoms. The minimum absolute atomic E-state index is 0.00595. The molecular weight excluding hydrogens is 380 g/mol. The number of amides is 1. The molecule has 3 heterocycles. The lowest BCUT2D eigenvalue weighted by molar-refractivity contribution is -0.126. The van der Waals surface area contributed by atoms with Crippen molar-refractivity contribution in [2.24, 2.45) is 5.92 Å². The van der Waals surface area contributed by atoms with E-state index in [0.717, 1.165) is 32.4 Å². The second-order valence-corrected chi connectivity index (χ2v) is 10.2. The number of piperidine rings is 2. The summed E-state index contributed by atoms with van der Waals surface area (Å²) in [5.74, 6) is -0.257. The number of ether oxygens (including phenoxy) is 1. The predicted molar refractivity (Wildman–Crippen MR) is 108 cm³/mol. The molecule has 3 rings (SSSR count). The molecule has 0 aromatic rings. The van der Waals surface area contributed by atoms with Gasteiger partial charge >= 0.3 is 0 Å². The number of nitrogens with one attached hydrogen (secondary N) is 1. The maximum Gasteiger partial charge on any atom is 0.282 e. The van der Waals surface area contributed by atoms with Crippen molar-refractivity contribution < 1.29 is 17.9 Å². The van der Waals surface area contributed by atoms with Crippen LogP contribution in [-0.2, 0) is 19.7 Å². The average molecular weight is 417 g/mol. The molecule has 3 aliphatic rings. The third-order valence-electron chi connectivity index (χ3n) is 6.24. The van der Waals surface area contributed by atoms with Gasteiger partial charge in [-0.1, -0.05) is 6.42 Å². The molecule has 0 saturated carbocycles. The van der Waals surface area contributed by atoms with Gasteiger partial charge in [0.25, 0.3) is 10.2 Å². The van der Waals surface area contributed by atoms with Crippen molar-refractivity contribution in [3.05, 3.63) is 0 Å². The Morgan fingerprint density at radius 1 is 1.04 bits per heavy atom. The number of rotatable bonds is 7. The van der Waals surface area contributed by atoms with Gasteiger partial charge in [-0.25, -0.2) is 0 Å². The van der Waals surface area contributed by atoms with E-state index in [-0.39, 0.29) is 18.4 Å². The molecule has 1 amide bonds. The Labute approximate surface area is 169 Å². The molecular formula is C19H36N4O4S. The first-order chi connectivity index (χ1) is 13.5. The number of hydrogen-bond acceptors (Lipinski definition) is 5. The highest BCUT2D eigenvalue weighted by Gasteiger charge is 2.36. The summed E-state index contributed by atoms with van der Waals surface area (Å²) in [5.41, 5.74) is 0. The number of carbonyl (C=O) groups excluding carboxylic acids is 1. The van der Waals surface area contributed by atoms with Gasteiger partial charge in [0.05, 0.1) is 19.1 Å². The van der Waals surface area contributed by atoms with Gasteiger partial charge in [-0.3, -0.25) is 4.79 Å². The van der Waals surface area contributed by atoms with Crippen LogP contribution in [0.5, 0.6) is 0 Å². The first-order valence-corrected chi connectivity index (χ1v) is 12.2. The maximum atomic E-state index is 12.8. The highest BCUT2D eigenvalue weighted by Crippen LogP contribution is 2.22. The van der Waals surface area contributed by atoms with Crippen molar-refractivity contribution in [3.63, 3.8) is 0 Å². The Kier molecular flexibility index (Phi) is 8.11. The zero-order valence-electron chi connectivity index (χ0n) is 17.1. The Hall–Kier alpha value is -0.740. The average Bonchev–Trinajstić information content (AvgIpc) is 2.73. The van der Waals surface area contributed by atoms with E-state index in [1.54, 1.807) is 0 Å². The topological polar surface area (TPSA) is 82.2 Å². The van der Waals surface area contributed by atoms with Gasteiger partial charge in [-0.2, -0.15) is 17.0 Å². The van der Waals surface area contributed by atoms with Crippen LogP contribution in [0.15, 0.2) is 0 Å². The molecule has 0 aromatic carbocycles. The molecule has 0 spiro atoms. The minimum atomic E-state index is -3.50. The van der Waals surface area contributed by atoms with E-state index in [4.69, 9.17) is 4.74 Å². The highest BCUT2D eigenvalue weighted by molar-refractivity contribution is 7.86. The van der Waals surface area contributed by atoms with E-state index in [9.17, 15) is 13.2 Å². The molecule has 28 heavy (non-hydrogen) atoms. The van der Waals surface area contributed by atoms with E-state index >= 15 is 0 Å². The summed E-state index contributed by atoms with van der Waals surface area (Å²) in [7, 11) is -3.50. The highest BCUT2D eigenvalue weighted by atomic mass is 32.2. The Balaban J connectivity index is 1.42. The lowest BCUT2D eigenvalue weighted by Gasteiger charge is -2.36. The van der Waals surface area contributed by atoms with Crippen LogP contribution in [0.4, 0.5) is 0 Å². The van der Waals surface area contributed by atoms with Gasteiger partial charge in [0.15, 0.2) is 0 Å². The summed E-state index contributed by atoms with van der Waals surface area (Å²) >= 11 is 0. The second-order valence-electron chi connectivity index (χ2n) is 8.24. The van der Waals surface area contributed by atoms with Gasteiger partial charge in [0.2, 0.25) is 5.91 Å². The fourth-order valence-electron chi connectivity index (χ4n) is 4.43. The van der Waals surface area contributed by atoms with Crippen molar-refractivity contribution >= 4 is 16.1 Å². The van der Waals surface area contributed by atoms with Crippen molar-refractivity contribution in [3.8, 4) is 0 Å². The fourth-order valence-corrected chi connectivity index (χ4v) is 6.10. The molecule has 0 aromatic heterocycles. The predicted octanol–water partition coefficient (Wildman–Crippen LogP) is 0.656. The smallest absolute Gasteiger partial charge is 0.282 e. The van der Waals surface area contributed by atoms with Crippen molar-refractivity contribution in [2.45, 2.75) is 51.5 Å². The standard InChI is InChI=1S/C19H36N4O4S/c1-17-6-2-3-9-21(17)10-5-8-20-19(24)18-7-4-11-23(16-18)28(25,26)22-12-14-27-15-13-22/h17-18H,2-16H2,1H3,(H,20,24). The summed E-state index contributed by atoms with van der Waals surface area (Å²) in [6.45, 7) is 7.56. The number of nitrogens with zero attached hydrogens (tertiary/aromatic N) is 3. The van der Waals surface area contributed by atoms with Crippen LogP contribution in [-0.4, -0.2) is 92.9 Å². The van der Waals surface area contributed by atoms with E-state index in [2.05, 4.69) is 17.1 Å². The Morgan fingerprint density at radius 2 is 1.82 bits per heavy atom. The number of hydrogen-bond donors (Lipinski definition) is 1. The summed E-state index contributed by atoms with van der Waals surface area (Å²) in [6.07, 6.45) is 6.28. The lowest BCUT2D eigenvalue weighted by atomic mass is 9.99. The lowest BCUT2D eigenvalue weighted by Crippen LogP contribution is -2.53. The van der Waals surface area contributed by atoms with Crippen molar-refractivity contribution in [2.75, 3.05) is 59.0 Å². The molecule has 3 aliphatic heterocycles. The van der Waals surface area contributed by atoms with Crippen LogP contribution in [0.3, 0.4) is 0 Å². The van der Waals surface area contributed by atoms with Crippen LogP contribution >= 0.6 is 0 Å². The molecule has 0 aliphatic carbocycles. The van der Waals surface area contributed by atoms with E-state index in [1.807, 2.05) is 0 Å².